The van der Waals surface area contributed by atoms with Crippen molar-refractivity contribution in [1.29, 1.82) is 0 Å². The van der Waals surface area contributed by atoms with Crippen LogP contribution in [0.3, 0.4) is 0 Å². The normalized spacial score (nSPS) is 14.4. The van der Waals surface area contributed by atoms with E-state index in [9.17, 15) is 13.6 Å². The van der Waals surface area contributed by atoms with Crippen molar-refractivity contribution in [1.82, 2.24) is 4.90 Å². The lowest BCUT2D eigenvalue weighted by Gasteiger charge is -2.35. The maximum Gasteiger partial charge on any atom is 0.387 e. The van der Waals surface area contributed by atoms with Gasteiger partial charge in [-0.15, -0.1) is 0 Å². The van der Waals surface area contributed by atoms with Crippen LogP contribution >= 0.6 is 0 Å². The van der Waals surface area contributed by atoms with E-state index in [1.807, 2.05) is 24.5 Å². The molecule has 0 bridgehead atoms. The molecule has 0 radical (unpaired) electrons. The Hall–Kier alpha value is -2.90. The van der Waals surface area contributed by atoms with Crippen molar-refractivity contribution in [2.24, 2.45) is 0 Å². The summed E-state index contributed by atoms with van der Waals surface area (Å²) in [5, 5.41) is 0. The summed E-state index contributed by atoms with van der Waals surface area (Å²) in [6, 6.07) is 8.28. The molecule has 27 heavy (non-hydrogen) atoms. The highest BCUT2D eigenvalue weighted by Gasteiger charge is 2.24. The summed E-state index contributed by atoms with van der Waals surface area (Å²) in [6.07, 6.45) is 3.73. The van der Waals surface area contributed by atoms with Gasteiger partial charge < -0.3 is 19.3 Å². The standard InChI is InChI=1S/C19H21F2N3O3/c1-2-26-17-13-14(3-4-16(17)27-19(20)21)18(25)24-11-9-23(10-12-24)15-5-7-22-8-6-15/h3-8,13,19H,2,9-12H2,1H3/p+1. The number of anilines is 1. The Morgan fingerprint density at radius 1 is 1.11 bits per heavy atom. The third kappa shape index (κ3) is 4.64. The zero-order chi connectivity index (χ0) is 19.2. The molecule has 1 saturated heterocycles. The van der Waals surface area contributed by atoms with Gasteiger partial charge in [-0.3, -0.25) is 4.79 Å². The minimum atomic E-state index is -2.95. The molecule has 0 saturated carbocycles. The van der Waals surface area contributed by atoms with Gasteiger partial charge in [-0.05, 0) is 25.1 Å². The van der Waals surface area contributed by atoms with E-state index in [0.717, 1.165) is 18.8 Å². The Kier molecular flexibility index (Phi) is 6.05. The van der Waals surface area contributed by atoms with E-state index in [4.69, 9.17) is 4.74 Å². The molecule has 1 aliphatic heterocycles. The molecule has 2 heterocycles. The van der Waals surface area contributed by atoms with Crippen molar-refractivity contribution in [3.8, 4) is 11.5 Å². The van der Waals surface area contributed by atoms with Gasteiger partial charge in [0.1, 0.15) is 0 Å². The molecular formula is C19H22F2N3O3+. The van der Waals surface area contributed by atoms with Gasteiger partial charge in [0.2, 0.25) is 0 Å². The fourth-order valence-corrected chi connectivity index (χ4v) is 3.04. The molecule has 0 unspecified atom stereocenters. The number of carbonyl (C=O) groups is 1. The molecule has 1 aromatic heterocycles. The van der Waals surface area contributed by atoms with Crippen LogP contribution in [0.2, 0.25) is 0 Å². The quantitative estimate of drug-likeness (QED) is 0.775. The Balaban J connectivity index is 1.68. The van der Waals surface area contributed by atoms with E-state index in [-0.39, 0.29) is 24.0 Å². The van der Waals surface area contributed by atoms with Crippen LogP contribution in [0.25, 0.3) is 0 Å². The lowest BCUT2D eigenvalue weighted by molar-refractivity contribution is -0.377. The first-order valence-corrected chi connectivity index (χ1v) is 8.80. The van der Waals surface area contributed by atoms with Crippen LogP contribution in [0.4, 0.5) is 14.5 Å². The monoisotopic (exact) mass is 378 g/mol. The van der Waals surface area contributed by atoms with E-state index >= 15 is 0 Å². The Bertz CT molecular complexity index is 766. The smallest absolute Gasteiger partial charge is 0.387 e. The van der Waals surface area contributed by atoms with Crippen molar-refractivity contribution in [3.05, 3.63) is 48.3 Å². The molecule has 3 rings (SSSR count). The van der Waals surface area contributed by atoms with Crippen LogP contribution in [-0.4, -0.2) is 50.2 Å². The number of aromatic nitrogens is 1. The minimum Gasteiger partial charge on any atom is -0.490 e. The van der Waals surface area contributed by atoms with Crippen molar-refractivity contribution >= 4 is 11.6 Å². The number of carbonyl (C=O) groups excluding carboxylic acids is 1. The van der Waals surface area contributed by atoms with Crippen LogP contribution < -0.4 is 19.4 Å². The summed E-state index contributed by atoms with van der Waals surface area (Å²) in [6.45, 7) is 1.68. The SMILES string of the molecule is CCOc1cc(C(=O)N2CCN(c3cc[nH+]cc3)CC2)ccc1OC(F)F. The molecule has 1 fully saturated rings. The summed E-state index contributed by atoms with van der Waals surface area (Å²) < 4.78 is 34.8. The maximum atomic E-state index is 12.8. The lowest BCUT2D eigenvalue weighted by atomic mass is 10.1. The van der Waals surface area contributed by atoms with Gasteiger partial charge in [0.05, 0.1) is 6.61 Å². The van der Waals surface area contributed by atoms with Crippen molar-refractivity contribution < 1.29 is 28.0 Å². The molecule has 0 aliphatic carbocycles. The molecule has 0 atom stereocenters. The van der Waals surface area contributed by atoms with Gasteiger partial charge in [-0.25, -0.2) is 4.98 Å². The largest absolute Gasteiger partial charge is 0.490 e. The van der Waals surface area contributed by atoms with Gasteiger partial charge in [0, 0.05) is 49.6 Å². The number of halogens is 2. The number of pyridine rings is 1. The van der Waals surface area contributed by atoms with Gasteiger partial charge in [0.25, 0.3) is 5.91 Å². The predicted octanol–water partition coefficient (Wildman–Crippen LogP) is 2.46. The number of nitrogens with one attached hydrogen (secondary N) is 1. The number of amides is 1. The average Bonchev–Trinajstić information content (AvgIpc) is 2.69. The number of rotatable bonds is 6. The summed E-state index contributed by atoms with van der Waals surface area (Å²) in [7, 11) is 0. The number of piperazine rings is 1. The van der Waals surface area contributed by atoms with Crippen LogP contribution in [0.1, 0.15) is 17.3 Å². The number of hydrogen-bond donors (Lipinski definition) is 0. The zero-order valence-corrected chi connectivity index (χ0v) is 15.0. The average molecular weight is 378 g/mol. The summed E-state index contributed by atoms with van der Waals surface area (Å²) in [4.78, 5) is 19.7. The van der Waals surface area contributed by atoms with Gasteiger partial charge in [0.15, 0.2) is 23.9 Å². The fraction of sp³-hybridized carbons (Fsp3) is 0.368. The summed E-state index contributed by atoms with van der Waals surface area (Å²) in [5.41, 5.74) is 1.50. The Morgan fingerprint density at radius 3 is 2.44 bits per heavy atom. The van der Waals surface area contributed by atoms with Crippen LogP contribution in [-0.2, 0) is 0 Å². The molecule has 6 nitrogen and oxygen atoms in total. The molecule has 1 aliphatic rings. The van der Waals surface area contributed by atoms with E-state index in [2.05, 4.69) is 14.6 Å². The lowest BCUT2D eigenvalue weighted by Crippen LogP contribution is -2.48. The van der Waals surface area contributed by atoms with Crippen LogP contribution in [0.15, 0.2) is 42.7 Å². The molecule has 1 amide bonds. The van der Waals surface area contributed by atoms with Gasteiger partial charge >= 0.3 is 6.61 Å². The highest BCUT2D eigenvalue weighted by Crippen LogP contribution is 2.30. The molecule has 2 aromatic rings. The number of hydrogen-bond acceptors (Lipinski definition) is 4. The van der Waals surface area contributed by atoms with E-state index in [0.29, 0.717) is 18.7 Å². The van der Waals surface area contributed by atoms with Gasteiger partial charge in [-0.2, -0.15) is 8.78 Å². The first-order chi connectivity index (χ1) is 13.1. The fourth-order valence-electron chi connectivity index (χ4n) is 3.04. The van der Waals surface area contributed by atoms with Crippen LogP contribution in [0.5, 0.6) is 11.5 Å². The maximum absolute atomic E-state index is 12.8. The third-order valence-electron chi connectivity index (χ3n) is 4.34. The second kappa shape index (κ2) is 8.66. The Labute approximate surface area is 156 Å². The number of ether oxygens (including phenoxy) is 2. The zero-order valence-electron chi connectivity index (χ0n) is 15.0. The highest BCUT2D eigenvalue weighted by atomic mass is 19.3. The number of benzene rings is 1. The Morgan fingerprint density at radius 2 is 1.81 bits per heavy atom. The number of aromatic amines is 1. The highest BCUT2D eigenvalue weighted by molar-refractivity contribution is 5.95. The summed E-state index contributed by atoms with van der Waals surface area (Å²) in [5.74, 6) is -0.0856. The minimum absolute atomic E-state index is 0.0749. The number of alkyl halides is 2. The molecular weight excluding hydrogens is 356 g/mol. The molecule has 144 valence electrons. The van der Waals surface area contributed by atoms with E-state index in [1.165, 1.54) is 18.2 Å². The third-order valence-corrected chi connectivity index (χ3v) is 4.34. The van der Waals surface area contributed by atoms with Crippen molar-refractivity contribution in [2.45, 2.75) is 13.5 Å². The van der Waals surface area contributed by atoms with Crippen LogP contribution in [0, 0.1) is 0 Å². The molecule has 8 heteroatoms. The first-order valence-electron chi connectivity index (χ1n) is 8.80. The van der Waals surface area contributed by atoms with Crippen molar-refractivity contribution in [2.75, 3.05) is 37.7 Å². The second-order valence-corrected chi connectivity index (χ2v) is 6.01. The topological polar surface area (TPSA) is 56.2 Å². The number of H-pyrrole nitrogens is 1. The second-order valence-electron chi connectivity index (χ2n) is 6.01. The molecule has 1 N–H and O–H groups in total. The predicted molar refractivity (Wildman–Crippen MR) is 95.4 cm³/mol. The van der Waals surface area contributed by atoms with Gasteiger partial charge in [-0.1, -0.05) is 0 Å². The van der Waals surface area contributed by atoms with E-state index < -0.39 is 6.61 Å². The summed E-state index contributed by atoms with van der Waals surface area (Å²) >= 11 is 0. The molecule has 1 aromatic carbocycles. The number of nitrogens with zero attached hydrogens (tertiary/aromatic N) is 2. The van der Waals surface area contributed by atoms with Crippen molar-refractivity contribution in [3.63, 3.8) is 0 Å². The molecule has 0 spiro atoms. The van der Waals surface area contributed by atoms with E-state index in [1.54, 1.807) is 11.8 Å². The first kappa shape index (κ1) is 18.9.